The van der Waals surface area contributed by atoms with Gasteiger partial charge in [0.05, 0.1) is 35.1 Å². The van der Waals surface area contributed by atoms with Gasteiger partial charge < -0.3 is 20.4 Å². The van der Waals surface area contributed by atoms with Gasteiger partial charge in [-0.25, -0.2) is 9.97 Å². The maximum Gasteiger partial charge on any atom is 0.435 e. The molecule has 0 radical (unpaired) electrons. The summed E-state index contributed by atoms with van der Waals surface area (Å²) in [5.41, 5.74) is -0.378. The van der Waals surface area contributed by atoms with Crippen LogP contribution in [0.5, 0.6) is 0 Å². The molecule has 2 aliphatic heterocycles. The molecule has 1 atom stereocenters. The van der Waals surface area contributed by atoms with E-state index in [1.54, 1.807) is 21.9 Å². The van der Waals surface area contributed by atoms with E-state index < -0.39 is 16.2 Å². The molecule has 3 aliphatic rings. The lowest BCUT2D eigenvalue weighted by Gasteiger charge is -2.38. The number of amides is 2. The summed E-state index contributed by atoms with van der Waals surface area (Å²) >= 11 is 13.4. The third-order valence-electron chi connectivity index (χ3n) is 7.97. The van der Waals surface area contributed by atoms with Crippen LogP contribution in [-0.2, 0) is 22.3 Å². The number of aromatic nitrogens is 5. The van der Waals surface area contributed by atoms with Gasteiger partial charge in [-0.1, -0.05) is 23.2 Å². The van der Waals surface area contributed by atoms with Crippen LogP contribution >= 0.6 is 23.2 Å². The van der Waals surface area contributed by atoms with Crippen LogP contribution in [0.2, 0.25) is 0 Å². The van der Waals surface area contributed by atoms with E-state index in [0.29, 0.717) is 31.9 Å². The third-order valence-corrected chi connectivity index (χ3v) is 8.65. The Morgan fingerprint density at radius 2 is 1.91 bits per heavy atom. The Kier molecular flexibility index (Phi) is 8.23. The summed E-state index contributed by atoms with van der Waals surface area (Å²) in [6, 6.07) is 1.62. The summed E-state index contributed by atoms with van der Waals surface area (Å²) < 4.78 is 42.1. The fraction of sp³-hybridized carbons (Fsp3) is 0.429. The van der Waals surface area contributed by atoms with E-state index in [2.05, 4.69) is 25.7 Å². The predicted octanol–water partition coefficient (Wildman–Crippen LogP) is 3.36. The van der Waals surface area contributed by atoms with Gasteiger partial charge in [-0.3, -0.25) is 18.7 Å². The molecule has 0 unspecified atom stereocenters. The molecular weight excluding hydrogens is 636 g/mol. The predicted molar refractivity (Wildman–Crippen MR) is 158 cm³/mol. The van der Waals surface area contributed by atoms with E-state index in [1.807, 2.05) is 0 Å². The van der Waals surface area contributed by atoms with Crippen LogP contribution in [-0.4, -0.2) is 88.9 Å². The lowest BCUT2D eigenvalue weighted by Crippen LogP contribution is -2.55. The number of hydrogen-bond donors (Lipinski definition) is 2. The Morgan fingerprint density at radius 3 is 2.58 bits per heavy atom. The zero-order chi connectivity index (χ0) is 31.9. The number of hydrogen-bond acceptors (Lipinski definition) is 8. The van der Waals surface area contributed by atoms with E-state index in [9.17, 15) is 22.8 Å². The first kappa shape index (κ1) is 30.9. The van der Waals surface area contributed by atoms with Gasteiger partial charge in [0, 0.05) is 56.9 Å². The number of imidazole rings is 1. The molecule has 3 aromatic heterocycles. The summed E-state index contributed by atoms with van der Waals surface area (Å²) in [4.78, 5) is 38.1. The molecule has 2 N–H and O–H groups in total. The van der Waals surface area contributed by atoms with Crippen LogP contribution in [0.1, 0.15) is 25.0 Å². The number of nitrogens with one attached hydrogen (secondary N) is 2. The molecule has 6 rings (SSSR count). The van der Waals surface area contributed by atoms with Crippen molar-refractivity contribution in [3.8, 4) is 17.3 Å². The highest BCUT2D eigenvalue weighted by Crippen LogP contribution is 2.41. The second-order valence-electron chi connectivity index (χ2n) is 10.9. The minimum Gasteiger partial charge on any atom is -0.341 e. The summed E-state index contributed by atoms with van der Waals surface area (Å²) in [7, 11) is 0. The lowest BCUT2D eigenvalue weighted by atomic mass is 9.99. The molecule has 0 bridgehead atoms. The first-order valence-electron chi connectivity index (χ1n) is 14.2. The molecule has 2 fully saturated rings. The van der Waals surface area contributed by atoms with Gasteiger partial charge in [-0.2, -0.15) is 23.5 Å². The van der Waals surface area contributed by atoms with Crippen LogP contribution < -0.4 is 10.6 Å². The van der Waals surface area contributed by atoms with Crippen molar-refractivity contribution in [3.05, 3.63) is 53.9 Å². The Hall–Kier alpha value is -4.13. The number of halogens is 5. The number of piperazine rings is 1. The summed E-state index contributed by atoms with van der Waals surface area (Å²) in [5, 5.41) is 18.8. The van der Waals surface area contributed by atoms with Crippen molar-refractivity contribution in [1.29, 1.82) is 5.26 Å². The molecule has 2 saturated heterocycles. The number of anilines is 1. The monoisotopic (exact) mass is 662 g/mol. The number of alkyl halides is 5. The van der Waals surface area contributed by atoms with Crippen molar-refractivity contribution in [3.63, 3.8) is 0 Å². The van der Waals surface area contributed by atoms with E-state index in [0.717, 1.165) is 30.3 Å². The largest absolute Gasteiger partial charge is 0.435 e. The summed E-state index contributed by atoms with van der Waals surface area (Å²) in [5.74, 6) is -0.0444. The average molecular weight is 663 g/mol. The van der Waals surface area contributed by atoms with Gasteiger partial charge in [0.2, 0.25) is 5.91 Å². The molecular formula is C28H27Cl2F3N10O2. The van der Waals surface area contributed by atoms with Gasteiger partial charge in [-0.05, 0) is 31.5 Å². The minimum absolute atomic E-state index is 0.00887. The Balaban J connectivity index is 1.19. The van der Waals surface area contributed by atoms with Crippen LogP contribution in [0, 0.1) is 11.3 Å². The molecule has 0 spiro atoms. The van der Waals surface area contributed by atoms with Gasteiger partial charge >= 0.3 is 6.18 Å². The van der Waals surface area contributed by atoms with Gasteiger partial charge in [0.1, 0.15) is 6.54 Å². The van der Waals surface area contributed by atoms with Crippen molar-refractivity contribution in [2.45, 2.75) is 42.4 Å². The minimum atomic E-state index is -4.76. The highest BCUT2D eigenvalue weighted by atomic mass is 35.5. The first-order valence-corrected chi connectivity index (χ1v) is 14.9. The van der Waals surface area contributed by atoms with Crippen LogP contribution in [0.15, 0.2) is 48.2 Å². The van der Waals surface area contributed by atoms with Gasteiger partial charge in [0.25, 0.3) is 5.91 Å². The molecule has 45 heavy (non-hydrogen) atoms. The van der Waals surface area contributed by atoms with Gasteiger partial charge in [-0.15, -0.1) is 0 Å². The maximum absolute atomic E-state index is 13.8. The molecule has 2 amide bonds. The zero-order valence-electron chi connectivity index (χ0n) is 23.7. The number of fused-ring (bicyclic) bond motifs is 1. The fourth-order valence-electron chi connectivity index (χ4n) is 5.76. The van der Waals surface area contributed by atoms with Crippen LogP contribution in [0.4, 0.5) is 19.0 Å². The maximum atomic E-state index is 13.8. The third kappa shape index (κ3) is 6.09. The topological polar surface area (TPSA) is 136 Å². The van der Waals surface area contributed by atoms with Crippen LogP contribution in [0.25, 0.3) is 16.9 Å². The molecule has 5 heterocycles. The summed E-state index contributed by atoms with van der Waals surface area (Å²) in [6.07, 6.45) is 5.47. The second-order valence-corrected chi connectivity index (χ2v) is 12.4. The number of nitrogens with zero attached hydrogens (tertiary/aromatic N) is 8. The SMILES string of the molecule is N#CCn1cc(-c2cnc3c(NC4=CC=C(C(=O)N5CCN(C(=O)[C@@H]6CCCN6)CC5)C(Cl)(Cl)C4)nccn23)c(C(F)(F)F)n1. The van der Waals surface area contributed by atoms with Crippen LogP contribution in [0.3, 0.4) is 0 Å². The Bertz CT molecular complexity index is 1740. The molecule has 12 nitrogen and oxygen atoms in total. The van der Waals surface area contributed by atoms with E-state index >= 15 is 0 Å². The molecule has 236 valence electrons. The quantitative estimate of drug-likeness (QED) is 0.384. The van der Waals surface area contributed by atoms with Gasteiger partial charge in [0.15, 0.2) is 21.5 Å². The average Bonchev–Trinajstić information content (AvgIpc) is 3.77. The number of allylic oxidation sites excluding steroid dienone is 3. The van der Waals surface area contributed by atoms with Crippen molar-refractivity contribution in [1.82, 2.24) is 39.3 Å². The molecule has 3 aromatic rings. The van der Waals surface area contributed by atoms with E-state index in [-0.39, 0.29) is 59.1 Å². The number of nitriles is 1. The first-order chi connectivity index (χ1) is 21.5. The highest BCUT2D eigenvalue weighted by molar-refractivity contribution is 6.52. The summed E-state index contributed by atoms with van der Waals surface area (Å²) in [6.45, 7) is 2.02. The molecule has 1 aliphatic carbocycles. The van der Waals surface area contributed by atoms with E-state index in [4.69, 9.17) is 28.5 Å². The Morgan fingerprint density at radius 1 is 1.16 bits per heavy atom. The smallest absolute Gasteiger partial charge is 0.341 e. The lowest BCUT2D eigenvalue weighted by molar-refractivity contribution is -0.141. The second kappa shape index (κ2) is 12.0. The molecule has 0 aromatic carbocycles. The number of rotatable bonds is 6. The van der Waals surface area contributed by atoms with Crippen molar-refractivity contribution < 1.29 is 22.8 Å². The standard InChI is InChI=1S/C28H27Cl2F3N10O2/c29-27(30)14-17(3-4-19(27)25(44)40-10-12-41(13-11-40)26(45)20-2-1-6-35-20)38-23-24-37-15-21(43(24)9-7-36-23)18-16-42(8-5-34)39-22(18)28(31,32)33/h3-4,7,9,15-16,20,35H,1-2,6,8,10-14H2,(H,36,38)/t20-/m0/s1. The number of carbonyl (C=O) groups excluding carboxylic acids is 2. The van der Waals surface area contributed by atoms with Crippen molar-refractivity contribution in [2.24, 2.45) is 0 Å². The zero-order valence-corrected chi connectivity index (χ0v) is 25.2. The normalized spacial score (nSPS) is 20.1. The van der Waals surface area contributed by atoms with Crippen molar-refractivity contribution in [2.75, 3.05) is 38.0 Å². The molecule has 0 saturated carbocycles. The van der Waals surface area contributed by atoms with Crippen molar-refractivity contribution >= 4 is 46.5 Å². The number of carbonyl (C=O) groups is 2. The Labute approximate surface area is 265 Å². The fourth-order valence-corrected chi connectivity index (χ4v) is 6.33. The highest BCUT2D eigenvalue weighted by Gasteiger charge is 2.41. The van der Waals surface area contributed by atoms with E-state index in [1.165, 1.54) is 29.1 Å². The molecule has 17 heteroatoms.